The second-order valence-corrected chi connectivity index (χ2v) is 15.0. The minimum Gasteiger partial charge on any atom is -0.208 e. The number of hydrogen-bond acceptors (Lipinski definition) is 4. The van der Waals surface area contributed by atoms with Crippen molar-refractivity contribution in [2.24, 2.45) is 0 Å². The van der Waals surface area contributed by atoms with Gasteiger partial charge in [0.1, 0.15) is 0 Å². The third-order valence-electron chi connectivity index (χ3n) is 11.0. The van der Waals surface area contributed by atoms with Crippen molar-refractivity contribution in [3.63, 3.8) is 0 Å². The number of fused-ring (bicyclic) bond motifs is 10. The lowest BCUT2D eigenvalue weighted by atomic mass is 9.67. The number of nitrogens with zero attached hydrogens (tertiary/aromatic N) is 3. The van der Waals surface area contributed by atoms with Crippen LogP contribution in [0.3, 0.4) is 0 Å². The van der Waals surface area contributed by atoms with Gasteiger partial charge in [0, 0.05) is 26.5 Å². The van der Waals surface area contributed by atoms with Crippen LogP contribution >= 0.6 is 11.8 Å². The van der Waals surface area contributed by atoms with Crippen LogP contribution < -0.4 is 0 Å². The minimum atomic E-state index is -0.481. The van der Waals surface area contributed by atoms with E-state index in [2.05, 4.69) is 170 Å². The predicted molar refractivity (Wildman–Crippen MR) is 221 cm³/mol. The first kappa shape index (κ1) is 31.0. The summed E-state index contributed by atoms with van der Waals surface area (Å²) in [5.74, 6) is 1.94. The summed E-state index contributed by atoms with van der Waals surface area (Å²) in [4.78, 5) is 18.1. The third kappa shape index (κ3) is 4.67. The second kappa shape index (κ2) is 12.2. The van der Waals surface area contributed by atoms with Crippen molar-refractivity contribution < 1.29 is 0 Å². The van der Waals surface area contributed by atoms with E-state index < -0.39 is 5.41 Å². The van der Waals surface area contributed by atoms with E-state index in [1.54, 1.807) is 0 Å². The van der Waals surface area contributed by atoms with Crippen LogP contribution in [0, 0.1) is 0 Å². The Balaban J connectivity index is 1.13. The molecule has 1 aliphatic heterocycles. The van der Waals surface area contributed by atoms with Crippen molar-refractivity contribution in [2.45, 2.75) is 15.2 Å². The topological polar surface area (TPSA) is 38.7 Å². The highest BCUT2D eigenvalue weighted by Gasteiger charge is 2.50. The fourth-order valence-electron chi connectivity index (χ4n) is 8.65. The average Bonchev–Trinajstić information content (AvgIpc) is 3.53. The third-order valence-corrected chi connectivity index (χ3v) is 12.1. The Morgan fingerprint density at radius 1 is 0.333 bits per heavy atom. The molecule has 2 aliphatic rings. The lowest BCUT2D eigenvalue weighted by molar-refractivity contribution is 0.722. The molecule has 3 nitrogen and oxygen atoms in total. The van der Waals surface area contributed by atoms with E-state index >= 15 is 0 Å². The fraction of sp³-hybridized carbons (Fsp3) is 0.0200. The van der Waals surface area contributed by atoms with E-state index in [0.717, 1.165) is 22.3 Å². The van der Waals surface area contributed by atoms with Gasteiger partial charge < -0.3 is 0 Å². The van der Waals surface area contributed by atoms with Gasteiger partial charge in [-0.1, -0.05) is 176 Å². The molecule has 0 N–H and O–H groups in total. The van der Waals surface area contributed by atoms with E-state index in [9.17, 15) is 0 Å². The van der Waals surface area contributed by atoms with Crippen LogP contribution in [-0.2, 0) is 5.41 Å². The quantitative estimate of drug-likeness (QED) is 0.183. The first-order valence-corrected chi connectivity index (χ1v) is 19.1. The van der Waals surface area contributed by atoms with Gasteiger partial charge in [-0.2, -0.15) is 0 Å². The van der Waals surface area contributed by atoms with Crippen molar-refractivity contribution in [2.75, 3.05) is 0 Å². The summed E-state index contributed by atoms with van der Waals surface area (Å²) < 4.78 is 0. The van der Waals surface area contributed by atoms with Gasteiger partial charge in [-0.05, 0) is 79.5 Å². The molecule has 2 heterocycles. The predicted octanol–water partition coefficient (Wildman–Crippen LogP) is 12.5. The molecule has 0 unspecified atom stereocenters. The number of aromatic nitrogens is 3. The summed E-state index contributed by atoms with van der Waals surface area (Å²) >= 11 is 1.86. The van der Waals surface area contributed by atoms with Crippen molar-refractivity contribution in [3.05, 3.63) is 210 Å². The van der Waals surface area contributed by atoms with Gasteiger partial charge >= 0.3 is 0 Å². The highest BCUT2D eigenvalue weighted by molar-refractivity contribution is 7.99. The van der Waals surface area contributed by atoms with Crippen LogP contribution in [0.4, 0.5) is 0 Å². The van der Waals surface area contributed by atoms with Crippen LogP contribution in [0.25, 0.3) is 67.2 Å². The van der Waals surface area contributed by atoms with Crippen LogP contribution in [0.15, 0.2) is 198 Å². The van der Waals surface area contributed by atoms with Crippen molar-refractivity contribution >= 4 is 22.5 Å². The van der Waals surface area contributed by atoms with Gasteiger partial charge in [-0.15, -0.1) is 0 Å². The lowest BCUT2D eigenvalue weighted by Gasteiger charge is -2.39. The molecule has 1 aliphatic carbocycles. The van der Waals surface area contributed by atoms with Crippen molar-refractivity contribution in [1.29, 1.82) is 0 Å². The highest BCUT2D eigenvalue weighted by atomic mass is 32.2. The van der Waals surface area contributed by atoms with Gasteiger partial charge in [-0.3, -0.25) is 0 Å². The summed E-state index contributed by atoms with van der Waals surface area (Å²) in [5, 5.41) is 2.43. The Hall–Kier alpha value is -6.62. The molecule has 1 aromatic heterocycles. The first-order chi connectivity index (χ1) is 26.8. The van der Waals surface area contributed by atoms with E-state index in [0.29, 0.717) is 17.5 Å². The van der Waals surface area contributed by atoms with E-state index in [1.807, 2.05) is 30.0 Å². The zero-order chi connectivity index (χ0) is 35.6. The molecule has 0 bridgehead atoms. The molecule has 252 valence electrons. The molecule has 9 aromatic rings. The molecule has 0 radical (unpaired) electrons. The molecule has 0 saturated carbocycles. The molecular formula is C50H31N3S. The smallest absolute Gasteiger partial charge is 0.164 e. The van der Waals surface area contributed by atoms with Crippen molar-refractivity contribution in [1.82, 2.24) is 15.0 Å². The molecule has 1 spiro atoms. The standard InChI is InChI=1S/C50H31N3S/c1-2-15-33(16-3-1)47-51-48(35-19-12-18-34(30-35)38-22-13-17-32-14-4-5-20-37(32)38)53-49(52-47)36-28-29-40-39-21-6-7-23-41(39)50(44(40)31-36)42-24-8-10-26-45(42)54-46-27-11-9-25-43(46)50/h1-31H. The Labute approximate surface area is 318 Å². The summed E-state index contributed by atoms with van der Waals surface area (Å²) in [6, 6.07) is 67.3. The van der Waals surface area contributed by atoms with Crippen LogP contribution in [0.2, 0.25) is 0 Å². The van der Waals surface area contributed by atoms with Gasteiger partial charge in [0.15, 0.2) is 17.5 Å². The Morgan fingerprint density at radius 3 is 1.63 bits per heavy atom. The number of benzene rings is 8. The van der Waals surface area contributed by atoms with Crippen LogP contribution in [0.5, 0.6) is 0 Å². The molecule has 0 saturated heterocycles. The maximum atomic E-state index is 5.27. The molecule has 4 heteroatoms. The summed E-state index contributed by atoms with van der Waals surface area (Å²) in [5.41, 5.74) is 12.4. The lowest BCUT2D eigenvalue weighted by Crippen LogP contribution is -2.31. The fourth-order valence-corrected chi connectivity index (χ4v) is 9.84. The highest BCUT2D eigenvalue weighted by Crippen LogP contribution is 2.62. The minimum absolute atomic E-state index is 0.481. The largest absolute Gasteiger partial charge is 0.208 e. The maximum absolute atomic E-state index is 5.27. The van der Waals surface area contributed by atoms with Gasteiger partial charge in [0.25, 0.3) is 0 Å². The zero-order valence-corrected chi connectivity index (χ0v) is 30.0. The molecule has 0 amide bonds. The maximum Gasteiger partial charge on any atom is 0.164 e. The first-order valence-electron chi connectivity index (χ1n) is 18.3. The van der Waals surface area contributed by atoms with E-state index in [1.165, 1.54) is 59.5 Å². The van der Waals surface area contributed by atoms with E-state index in [4.69, 9.17) is 15.0 Å². The monoisotopic (exact) mass is 705 g/mol. The molecule has 54 heavy (non-hydrogen) atoms. The zero-order valence-electron chi connectivity index (χ0n) is 29.1. The van der Waals surface area contributed by atoms with Gasteiger partial charge in [0.2, 0.25) is 0 Å². The molecule has 11 rings (SSSR count). The Kier molecular flexibility index (Phi) is 7.01. The normalized spacial score (nSPS) is 13.3. The summed E-state index contributed by atoms with van der Waals surface area (Å²) in [6.45, 7) is 0. The molecule has 8 aromatic carbocycles. The Morgan fingerprint density at radius 2 is 0.852 bits per heavy atom. The SMILES string of the molecule is c1ccc(-c2nc(-c3cccc(-c4cccc5ccccc45)c3)nc(-c3ccc4c(c3)C3(c5ccccc5Sc5ccccc53)c3ccccc3-4)n2)cc1. The second-order valence-electron chi connectivity index (χ2n) is 13.9. The van der Waals surface area contributed by atoms with Crippen LogP contribution in [0.1, 0.15) is 22.3 Å². The van der Waals surface area contributed by atoms with Gasteiger partial charge in [0.05, 0.1) is 5.41 Å². The van der Waals surface area contributed by atoms with Crippen molar-refractivity contribution in [3.8, 4) is 56.4 Å². The average molecular weight is 706 g/mol. The summed E-state index contributed by atoms with van der Waals surface area (Å²) in [6.07, 6.45) is 0. The molecular weight excluding hydrogens is 675 g/mol. The molecule has 0 fully saturated rings. The molecule has 0 atom stereocenters. The number of rotatable bonds is 4. The van der Waals surface area contributed by atoms with E-state index in [-0.39, 0.29) is 0 Å². The summed E-state index contributed by atoms with van der Waals surface area (Å²) in [7, 11) is 0. The van der Waals surface area contributed by atoms with Crippen LogP contribution in [-0.4, -0.2) is 15.0 Å². The van der Waals surface area contributed by atoms with Gasteiger partial charge in [-0.25, -0.2) is 15.0 Å². The number of hydrogen-bond donors (Lipinski definition) is 0. The Bertz CT molecular complexity index is 2880.